The molecule has 3 nitrogen and oxygen atoms in total. The van der Waals surface area contributed by atoms with Crippen molar-refractivity contribution < 1.29 is 5.11 Å². The summed E-state index contributed by atoms with van der Waals surface area (Å²) in [4.78, 5) is 2.40. The standard InChI is InChI=1S/C13H26N2O/c1-10-8-11(9-15(10)2)14-12-6-4-3-5-7-13(12)16/h10-14,16H,3-9H2,1-2H3. The lowest BCUT2D eigenvalue weighted by Gasteiger charge is -2.25. The molecule has 0 aromatic carbocycles. The normalized spacial score (nSPS) is 42.2. The summed E-state index contributed by atoms with van der Waals surface area (Å²) in [5.74, 6) is 0. The van der Waals surface area contributed by atoms with Crippen LogP contribution in [-0.4, -0.2) is 47.8 Å². The minimum absolute atomic E-state index is 0.122. The maximum Gasteiger partial charge on any atom is 0.0693 e. The fraction of sp³-hybridized carbons (Fsp3) is 1.00. The summed E-state index contributed by atoms with van der Waals surface area (Å²) in [5, 5.41) is 13.7. The Balaban J connectivity index is 1.83. The van der Waals surface area contributed by atoms with Crippen molar-refractivity contribution in [3.63, 3.8) is 0 Å². The van der Waals surface area contributed by atoms with Crippen LogP contribution in [0.3, 0.4) is 0 Å². The van der Waals surface area contributed by atoms with Crippen LogP contribution < -0.4 is 5.32 Å². The predicted octanol–water partition coefficient (Wildman–Crippen LogP) is 1.36. The van der Waals surface area contributed by atoms with Crippen LogP contribution in [-0.2, 0) is 0 Å². The Morgan fingerprint density at radius 3 is 2.62 bits per heavy atom. The number of hydrogen-bond acceptors (Lipinski definition) is 3. The van der Waals surface area contributed by atoms with Gasteiger partial charge in [-0.2, -0.15) is 0 Å². The third kappa shape index (κ3) is 2.96. The summed E-state index contributed by atoms with van der Waals surface area (Å²) in [6.07, 6.45) is 6.98. The smallest absolute Gasteiger partial charge is 0.0693 e. The Morgan fingerprint density at radius 2 is 1.94 bits per heavy atom. The molecule has 1 saturated carbocycles. The first-order valence-electron chi connectivity index (χ1n) is 6.81. The second-order valence-corrected chi connectivity index (χ2v) is 5.70. The molecule has 0 bridgehead atoms. The topological polar surface area (TPSA) is 35.5 Å². The number of likely N-dealkylation sites (N-methyl/N-ethyl adjacent to an activating group) is 1. The Bertz CT molecular complexity index is 212. The van der Waals surface area contributed by atoms with Crippen LogP contribution >= 0.6 is 0 Å². The first-order chi connectivity index (χ1) is 7.66. The van der Waals surface area contributed by atoms with Gasteiger partial charge in [-0.3, -0.25) is 0 Å². The molecule has 0 amide bonds. The van der Waals surface area contributed by atoms with Crippen molar-refractivity contribution in [2.45, 2.75) is 69.7 Å². The van der Waals surface area contributed by atoms with E-state index >= 15 is 0 Å². The molecule has 0 aromatic heterocycles. The number of aliphatic hydroxyl groups excluding tert-OH is 1. The fourth-order valence-corrected chi connectivity index (χ4v) is 3.10. The lowest BCUT2D eigenvalue weighted by molar-refractivity contribution is 0.114. The zero-order valence-electron chi connectivity index (χ0n) is 10.7. The summed E-state index contributed by atoms with van der Waals surface area (Å²) < 4.78 is 0. The van der Waals surface area contributed by atoms with E-state index in [1.807, 2.05) is 0 Å². The summed E-state index contributed by atoms with van der Waals surface area (Å²) in [6.45, 7) is 3.41. The second-order valence-electron chi connectivity index (χ2n) is 5.70. The zero-order chi connectivity index (χ0) is 11.5. The highest BCUT2D eigenvalue weighted by Gasteiger charge is 2.30. The van der Waals surface area contributed by atoms with Gasteiger partial charge in [-0.25, -0.2) is 0 Å². The van der Waals surface area contributed by atoms with Gasteiger partial charge in [0.05, 0.1) is 6.10 Å². The highest BCUT2D eigenvalue weighted by Crippen LogP contribution is 2.21. The summed E-state index contributed by atoms with van der Waals surface area (Å²) in [7, 11) is 2.19. The quantitative estimate of drug-likeness (QED) is 0.698. The average Bonchev–Trinajstić information content (AvgIpc) is 2.44. The van der Waals surface area contributed by atoms with Gasteiger partial charge >= 0.3 is 0 Å². The van der Waals surface area contributed by atoms with Crippen molar-refractivity contribution >= 4 is 0 Å². The summed E-state index contributed by atoms with van der Waals surface area (Å²) in [6, 6.07) is 1.60. The Labute approximate surface area is 99.2 Å². The molecule has 4 unspecified atom stereocenters. The number of nitrogens with zero attached hydrogens (tertiary/aromatic N) is 1. The van der Waals surface area contributed by atoms with Gasteiger partial charge in [0.2, 0.25) is 0 Å². The summed E-state index contributed by atoms with van der Waals surface area (Å²) >= 11 is 0. The fourth-order valence-electron chi connectivity index (χ4n) is 3.10. The summed E-state index contributed by atoms with van der Waals surface area (Å²) in [5.41, 5.74) is 0. The van der Waals surface area contributed by atoms with E-state index in [9.17, 15) is 5.11 Å². The number of nitrogens with one attached hydrogen (secondary N) is 1. The van der Waals surface area contributed by atoms with E-state index in [4.69, 9.17) is 0 Å². The highest BCUT2D eigenvalue weighted by molar-refractivity contribution is 4.89. The van der Waals surface area contributed by atoms with E-state index in [0.717, 1.165) is 19.4 Å². The third-order valence-electron chi connectivity index (χ3n) is 4.32. The third-order valence-corrected chi connectivity index (χ3v) is 4.32. The maximum atomic E-state index is 10.1. The van der Waals surface area contributed by atoms with E-state index in [1.54, 1.807) is 0 Å². The van der Waals surface area contributed by atoms with Gasteiger partial charge in [0.25, 0.3) is 0 Å². The van der Waals surface area contributed by atoms with Crippen LogP contribution in [0.4, 0.5) is 0 Å². The van der Waals surface area contributed by atoms with Crippen molar-refractivity contribution in [2.75, 3.05) is 13.6 Å². The van der Waals surface area contributed by atoms with E-state index in [2.05, 4.69) is 24.2 Å². The van der Waals surface area contributed by atoms with Crippen LogP contribution in [0, 0.1) is 0 Å². The minimum Gasteiger partial charge on any atom is -0.392 e. The molecule has 2 fully saturated rings. The van der Waals surface area contributed by atoms with Gasteiger partial charge in [-0.1, -0.05) is 19.3 Å². The number of hydrogen-bond donors (Lipinski definition) is 2. The Kier molecular flexibility index (Phi) is 4.22. The van der Waals surface area contributed by atoms with Crippen molar-refractivity contribution in [1.29, 1.82) is 0 Å². The van der Waals surface area contributed by atoms with Gasteiger partial charge in [0, 0.05) is 24.7 Å². The van der Waals surface area contributed by atoms with Gasteiger partial charge in [0.15, 0.2) is 0 Å². The van der Waals surface area contributed by atoms with Gasteiger partial charge in [-0.05, 0) is 33.2 Å². The molecule has 4 atom stereocenters. The molecule has 2 aliphatic rings. The second kappa shape index (κ2) is 5.48. The molecule has 0 aromatic rings. The Hall–Kier alpha value is -0.120. The molecular formula is C13H26N2O. The SMILES string of the molecule is CC1CC(NC2CCCCCC2O)CN1C. The van der Waals surface area contributed by atoms with Crippen molar-refractivity contribution in [2.24, 2.45) is 0 Å². The maximum absolute atomic E-state index is 10.1. The van der Waals surface area contributed by atoms with Gasteiger partial charge < -0.3 is 15.3 Å². The molecule has 0 radical (unpaired) electrons. The van der Waals surface area contributed by atoms with Crippen LogP contribution in [0.25, 0.3) is 0 Å². The van der Waals surface area contributed by atoms with Crippen molar-refractivity contribution in [1.82, 2.24) is 10.2 Å². The van der Waals surface area contributed by atoms with E-state index in [1.165, 1.54) is 25.7 Å². The van der Waals surface area contributed by atoms with E-state index < -0.39 is 0 Å². The highest BCUT2D eigenvalue weighted by atomic mass is 16.3. The molecule has 1 aliphatic heterocycles. The average molecular weight is 226 g/mol. The molecule has 1 saturated heterocycles. The molecule has 1 heterocycles. The minimum atomic E-state index is -0.122. The van der Waals surface area contributed by atoms with Crippen molar-refractivity contribution in [3.05, 3.63) is 0 Å². The predicted molar refractivity (Wildman–Crippen MR) is 66.5 cm³/mol. The molecule has 3 heteroatoms. The molecule has 0 spiro atoms. The molecule has 94 valence electrons. The molecule has 2 N–H and O–H groups in total. The first kappa shape index (κ1) is 12.3. The number of aliphatic hydroxyl groups is 1. The Morgan fingerprint density at radius 1 is 1.19 bits per heavy atom. The van der Waals surface area contributed by atoms with Crippen LogP contribution in [0.15, 0.2) is 0 Å². The lowest BCUT2D eigenvalue weighted by Crippen LogP contribution is -2.45. The van der Waals surface area contributed by atoms with Crippen LogP contribution in [0.5, 0.6) is 0 Å². The molecule has 1 aliphatic carbocycles. The largest absolute Gasteiger partial charge is 0.392 e. The number of rotatable bonds is 2. The lowest BCUT2D eigenvalue weighted by atomic mass is 10.0. The van der Waals surface area contributed by atoms with Crippen molar-refractivity contribution in [3.8, 4) is 0 Å². The van der Waals surface area contributed by atoms with E-state index in [-0.39, 0.29) is 6.10 Å². The van der Waals surface area contributed by atoms with Gasteiger partial charge in [-0.15, -0.1) is 0 Å². The first-order valence-corrected chi connectivity index (χ1v) is 6.81. The molecule has 2 rings (SSSR count). The molecular weight excluding hydrogens is 200 g/mol. The van der Waals surface area contributed by atoms with Crippen LogP contribution in [0.2, 0.25) is 0 Å². The number of likely N-dealkylation sites (tertiary alicyclic amines) is 1. The van der Waals surface area contributed by atoms with Crippen LogP contribution in [0.1, 0.15) is 45.4 Å². The van der Waals surface area contributed by atoms with Gasteiger partial charge in [0.1, 0.15) is 0 Å². The monoisotopic (exact) mass is 226 g/mol. The molecule has 16 heavy (non-hydrogen) atoms. The zero-order valence-corrected chi connectivity index (χ0v) is 10.7. The van der Waals surface area contributed by atoms with E-state index in [0.29, 0.717) is 18.1 Å².